The molecule has 0 saturated carbocycles. The molecular formula is C29H31Cl2N3O4S. The Morgan fingerprint density at radius 3 is 2.51 bits per heavy atom. The molecule has 0 aliphatic rings. The normalized spacial score (nSPS) is 12.6. The van der Waals surface area contributed by atoms with Crippen LogP contribution < -0.4 is 5.32 Å². The summed E-state index contributed by atoms with van der Waals surface area (Å²) in [5.41, 5.74) is 2.38. The van der Waals surface area contributed by atoms with Crippen LogP contribution in [0.2, 0.25) is 10.0 Å². The van der Waals surface area contributed by atoms with Crippen LogP contribution in [0.5, 0.6) is 0 Å². The lowest BCUT2D eigenvalue weighted by molar-refractivity contribution is -0.141. The molecule has 0 spiro atoms. The largest absolute Gasteiger partial charge is 0.481 e. The third kappa shape index (κ3) is 6.75. The first-order chi connectivity index (χ1) is 18.3. The van der Waals surface area contributed by atoms with Gasteiger partial charge < -0.3 is 15.2 Å². The van der Waals surface area contributed by atoms with Crippen LogP contribution in [0, 0.1) is 5.92 Å². The molecule has 206 valence electrons. The van der Waals surface area contributed by atoms with Crippen LogP contribution in [0.3, 0.4) is 0 Å². The van der Waals surface area contributed by atoms with Gasteiger partial charge in [0.1, 0.15) is 5.60 Å². The van der Waals surface area contributed by atoms with Crippen LogP contribution >= 0.6 is 34.5 Å². The van der Waals surface area contributed by atoms with Crippen LogP contribution in [-0.4, -0.2) is 38.9 Å². The zero-order chi connectivity index (χ0) is 28.5. The molecule has 0 radical (unpaired) electrons. The number of ether oxygens (including phenoxy) is 1. The summed E-state index contributed by atoms with van der Waals surface area (Å²) in [6.07, 6.45) is 1.37. The molecule has 0 amide bonds. The number of aliphatic carboxylic acids is 1. The topological polar surface area (TPSA) is 93.5 Å². The van der Waals surface area contributed by atoms with Gasteiger partial charge in [0.05, 0.1) is 27.2 Å². The lowest BCUT2D eigenvalue weighted by atomic mass is 9.97. The average molecular weight is 589 g/mol. The van der Waals surface area contributed by atoms with Gasteiger partial charge in [-0.25, -0.2) is 9.78 Å². The van der Waals surface area contributed by atoms with E-state index >= 15 is 0 Å². The van der Waals surface area contributed by atoms with Gasteiger partial charge in [0.15, 0.2) is 5.13 Å². The molecule has 0 fully saturated rings. The van der Waals surface area contributed by atoms with E-state index in [1.807, 2.05) is 30.3 Å². The second-order valence-electron chi connectivity index (χ2n) is 10.7. The summed E-state index contributed by atoms with van der Waals surface area (Å²) in [7, 11) is 0. The number of carbonyl (C=O) groups excluding carboxylic acids is 1. The molecular weight excluding hydrogens is 557 g/mol. The fraction of sp³-hybridized carbons (Fsp3) is 0.345. The van der Waals surface area contributed by atoms with Crippen molar-refractivity contribution in [3.8, 4) is 11.3 Å². The number of rotatable bonds is 8. The maximum Gasteiger partial charge on any atom is 0.418 e. The van der Waals surface area contributed by atoms with Crippen molar-refractivity contribution in [2.24, 2.45) is 5.92 Å². The van der Waals surface area contributed by atoms with Gasteiger partial charge in [0, 0.05) is 28.6 Å². The maximum absolute atomic E-state index is 12.9. The molecule has 1 atom stereocenters. The number of hydrogen-bond acceptors (Lipinski definition) is 6. The highest BCUT2D eigenvalue weighted by atomic mass is 35.5. The number of thiazole rings is 1. The predicted molar refractivity (Wildman–Crippen MR) is 159 cm³/mol. The fourth-order valence-electron chi connectivity index (χ4n) is 4.27. The van der Waals surface area contributed by atoms with Crippen LogP contribution in [0.25, 0.3) is 22.2 Å². The van der Waals surface area contributed by atoms with Crippen molar-refractivity contribution in [3.05, 3.63) is 69.1 Å². The van der Waals surface area contributed by atoms with Crippen molar-refractivity contribution < 1.29 is 19.4 Å². The first-order valence-corrected chi connectivity index (χ1v) is 14.2. The smallest absolute Gasteiger partial charge is 0.418 e. The van der Waals surface area contributed by atoms with Gasteiger partial charge in [-0.05, 0) is 56.9 Å². The highest BCUT2D eigenvalue weighted by molar-refractivity contribution is 7.16. The molecule has 10 heteroatoms. The number of benzene rings is 2. The van der Waals surface area contributed by atoms with Gasteiger partial charge in [-0.3, -0.25) is 9.36 Å². The maximum atomic E-state index is 12.9. The Balaban J connectivity index is 1.58. The molecule has 39 heavy (non-hydrogen) atoms. The third-order valence-electron chi connectivity index (χ3n) is 6.07. The van der Waals surface area contributed by atoms with E-state index in [9.17, 15) is 14.7 Å². The molecule has 1 unspecified atom stereocenters. The van der Waals surface area contributed by atoms with Crippen molar-refractivity contribution >= 4 is 62.6 Å². The number of carbonyl (C=O) groups is 2. The first kappa shape index (κ1) is 28.9. The lowest BCUT2D eigenvalue weighted by Gasteiger charge is -2.20. The molecule has 0 saturated heterocycles. The number of carboxylic acids is 1. The van der Waals surface area contributed by atoms with Gasteiger partial charge in [-0.1, -0.05) is 61.3 Å². The molecule has 2 heterocycles. The van der Waals surface area contributed by atoms with Crippen molar-refractivity contribution in [3.63, 3.8) is 0 Å². The van der Waals surface area contributed by atoms with Crippen LogP contribution in [-0.2, 0) is 16.0 Å². The zero-order valence-corrected chi connectivity index (χ0v) is 24.7. The minimum Gasteiger partial charge on any atom is -0.481 e. The predicted octanol–water partition coefficient (Wildman–Crippen LogP) is 8.33. The number of aromatic nitrogens is 2. The summed E-state index contributed by atoms with van der Waals surface area (Å²) in [6.45, 7) is 9.74. The van der Waals surface area contributed by atoms with Crippen molar-refractivity contribution in [1.82, 2.24) is 9.55 Å². The zero-order valence-electron chi connectivity index (χ0n) is 22.4. The van der Waals surface area contributed by atoms with E-state index < -0.39 is 23.6 Å². The summed E-state index contributed by atoms with van der Waals surface area (Å²) in [6, 6.07) is 12.8. The second-order valence-corrected chi connectivity index (χ2v) is 12.5. The van der Waals surface area contributed by atoms with E-state index in [0.717, 1.165) is 27.1 Å². The summed E-state index contributed by atoms with van der Waals surface area (Å²) >= 11 is 13.8. The standard InChI is InChI=1S/C29H31Cl2N3O4S/c1-16(2)25-23(18-9-10-21(30)22(31)14-18)33-27(39-25)32-15-20(26(35)36)13-19-8-6-7-17-11-12-34(24(17)19)28(37)38-29(3,4)5/h6-12,14,16,20H,13,15H2,1-5H3,(H,32,33)(H,35,36). The Morgan fingerprint density at radius 2 is 1.87 bits per heavy atom. The molecule has 2 aromatic heterocycles. The molecule has 2 N–H and O–H groups in total. The Hall–Kier alpha value is -3.07. The van der Waals surface area contributed by atoms with Crippen LogP contribution in [0.1, 0.15) is 51.0 Å². The Bertz CT molecular complexity index is 1520. The number of hydrogen-bond donors (Lipinski definition) is 2. The highest BCUT2D eigenvalue weighted by Crippen LogP contribution is 2.38. The van der Waals surface area contributed by atoms with Crippen molar-refractivity contribution in [2.45, 2.75) is 52.6 Å². The Labute approximate surface area is 241 Å². The Kier molecular flexibility index (Phi) is 8.59. The van der Waals surface area contributed by atoms with Gasteiger partial charge in [0.25, 0.3) is 0 Å². The van der Waals surface area contributed by atoms with Crippen LogP contribution in [0.4, 0.5) is 9.93 Å². The summed E-state index contributed by atoms with van der Waals surface area (Å²) in [4.78, 5) is 31.0. The average Bonchev–Trinajstić information content (AvgIpc) is 3.47. The van der Waals surface area contributed by atoms with Crippen LogP contribution in [0.15, 0.2) is 48.7 Å². The van der Waals surface area contributed by atoms with E-state index in [1.54, 1.807) is 39.1 Å². The summed E-state index contributed by atoms with van der Waals surface area (Å²) in [5, 5.41) is 15.7. The Morgan fingerprint density at radius 1 is 1.13 bits per heavy atom. The number of nitrogens with zero attached hydrogens (tertiary/aromatic N) is 2. The lowest BCUT2D eigenvalue weighted by Crippen LogP contribution is -2.27. The van der Waals surface area contributed by atoms with Crippen molar-refractivity contribution in [2.75, 3.05) is 11.9 Å². The third-order valence-corrected chi connectivity index (χ3v) is 8.12. The number of nitrogens with one attached hydrogen (secondary N) is 1. The van der Waals surface area contributed by atoms with E-state index in [-0.39, 0.29) is 18.9 Å². The number of para-hydroxylation sites is 1. The molecule has 0 aliphatic heterocycles. The van der Waals surface area contributed by atoms with E-state index in [2.05, 4.69) is 19.2 Å². The van der Waals surface area contributed by atoms with Gasteiger partial charge in [0.2, 0.25) is 0 Å². The van der Waals surface area contributed by atoms with E-state index in [4.69, 9.17) is 32.9 Å². The summed E-state index contributed by atoms with van der Waals surface area (Å²) in [5.74, 6) is -1.51. The fourth-order valence-corrected chi connectivity index (χ4v) is 5.56. The molecule has 2 aromatic carbocycles. The number of halogens is 2. The number of fused-ring (bicyclic) bond motifs is 1. The van der Waals surface area contributed by atoms with E-state index in [1.165, 1.54) is 15.9 Å². The monoisotopic (exact) mass is 587 g/mol. The SMILES string of the molecule is CC(C)c1sc(NCC(Cc2cccc3ccn(C(=O)OC(C)(C)C)c23)C(=O)O)nc1-c1ccc(Cl)c(Cl)c1. The highest BCUT2D eigenvalue weighted by Gasteiger charge is 2.24. The summed E-state index contributed by atoms with van der Waals surface area (Å²) < 4.78 is 7.00. The molecule has 4 rings (SSSR count). The van der Waals surface area contributed by atoms with Gasteiger partial charge in [-0.15, -0.1) is 11.3 Å². The van der Waals surface area contributed by atoms with Crippen molar-refractivity contribution in [1.29, 1.82) is 0 Å². The molecule has 0 aliphatic carbocycles. The quantitative estimate of drug-likeness (QED) is 0.215. The minimum absolute atomic E-state index is 0.157. The number of anilines is 1. The van der Waals surface area contributed by atoms with Gasteiger partial charge >= 0.3 is 12.1 Å². The molecule has 0 bridgehead atoms. The number of carboxylic acid groups (broad SMARTS) is 1. The first-order valence-electron chi connectivity index (χ1n) is 12.6. The minimum atomic E-state index is -0.944. The second kappa shape index (κ2) is 11.6. The van der Waals surface area contributed by atoms with E-state index in [0.29, 0.717) is 20.7 Å². The molecule has 7 nitrogen and oxygen atoms in total. The van der Waals surface area contributed by atoms with Gasteiger partial charge in [-0.2, -0.15) is 0 Å². The molecule has 4 aromatic rings.